The van der Waals surface area contributed by atoms with Crippen LogP contribution in [0, 0.1) is 0 Å². The molecule has 0 saturated carbocycles. The van der Waals surface area contributed by atoms with Crippen LogP contribution in [-0.2, 0) is 11.2 Å². The summed E-state index contributed by atoms with van der Waals surface area (Å²) in [6.07, 6.45) is 0.825. The van der Waals surface area contributed by atoms with Crippen LogP contribution in [0.2, 0.25) is 0 Å². The van der Waals surface area contributed by atoms with Crippen molar-refractivity contribution in [1.29, 1.82) is 0 Å². The van der Waals surface area contributed by atoms with Crippen molar-refractivity contribution in [3.05, 3.63) is 23.8 Å². The minimum atomic E-state index is -2.90. The molecule has 0 aliphatic rings. The zero-order valence-corrected chi connectivity index (χ0v) is 11.8. The number of hydrogen-bond acceptors (Lipinski definition) is 3. The SMILES string of the molecule is COc1cc(CCNC(=O)CCCl)ccc1OC(F)F. The van der Waals surface area contributed by atoms with Gasteiger partial charge in [0.05, 0.1) is 7.11 Å². The van der Waals surface area contributed by atoms with Gasteiger partial charge in [0.2, 0.25) is 5.91 Å². The van der Waals surface area contributed by atoms with Gasteiger partial charge in [0, 0.05) is 18.8 Å². The highest BCUT2D eigenvalue weighted by Crippen LogP contribution is 2.29. The highest BCUT2D eigenvalue weighted by Gasteiger charge is 2.11. The Kier molecular flexibility index (Phi) is 7.08. The van der Waals surface area contributed by atoms with Crippen molar-refractivity contribution in [3.63, 3.8) is 0 Å². The van der Waals surface area contributed by atoms with E-state index in [2.05, 4.69) is 10.1 Å². The number of carbonyl (C=O) groups excluding carboxylic acids is 1. The largest absolute Gasteiger partial charge is 0.493 e. The molecule has 0 aliphatic carbocycles. The maximum absolute atomic E-state index is 12.2. The standard InChI is InChI=1S/C13H16ClF2NO3/c1-19-11-8-9(2-3-10(11)20-13(15)16)5-7-17-12(18)4-6-14/h2-3,8,13H,4-7H2,1H3,(H,17,18). The number of benzene rings is 1. The summed E-state index contributed by atoms with van der Waals surface area (Å²) >= 11 is 5.44. The van der Waals surface area contributed by atoms with E-state index in [9.17, 15) is 13.6 Å². The predicted molar refractivity (Wildman–Crippen MR) is 71.7 cm³/mol. The minimum absolute atomic E-state index is 0.0163. The van der Waals surface area contributed by atoms with Gasteiger partial charge in [-0.25, -0.2) is 0 Å². The third kappa shape index (κ3) is 5.61. The molecule has 0 radical (unpaired) electrons. The van der Waals surface area contributed by atoms with E-state index in [1.807, 2.05) is 0 Å². The van der Waals surface area contributed by atoms with Crippen LogP contribution in [0.5, 0.6) is 11.5 Å². The molecule has 0 unspecified atom stereocenters. The Morgan fingerprint density at radius 1 is 1.40 bits per heavy atom. The smallest absolute Gasteiger partial charge is 0.387 e. The lowest BCUT2D eigenvalue weighted by Crippen LogP contribution is -2.25. The van der Waals surface area contributed by atoms with E-state index in [1.165, 1.54) is 13.2 Å². The van der Waals surface area contributed by atoms with Crippen LogP contribution in [0.4, 0.5) is 8.78 Å². The molecule has 1 amide bonds. The average molecular weight is 308 g/mol. The van der Waals surface area contributed by atoms with Gasteiger partial charge in [0.15, 0.2) is 11.5 Å². The Labute approximate surface area is 121 Å². The van der Waals surface area contributed by atoms with Gasteiger partial charge in [-0.3, -0.25) is 4.79 Å². The van der Waals surface area contributed by atoms with Crippen LogP contribution >= 0.6 is 11.6 Å². The van der Waals surface area contributed by atoms with Gasteiger partial charge >= 0.3 is 6.61 Å². The summed E-state index contributed by atoms with van der Waals surface area (Å²) in [5.74, 6) is 0.371. The van der Waals surface area contributed by atoms with E-state index in [4.69, 9.17) is 16.3 Å². The van der Waals surface area contributed by atoms with Gasteiger partial charge in [0.25, 0.3) is 0 Å². The summed E-state index contributed by atoms with van der Waals surface area (Å²) in [6.45, 7) is -2.46. The van der Waals surface area contributed by atoms with Gasteiger partial charge in [0.1, 0.15) is 0 Å². The Bertz CT molecular complexity index is 444. The topological polar surface area (TPSA) is 47.6 Å². The number of methoxy groups -OCH3 is 1. The summed E-state index contributed by atoms with van der Waals surface area (Å²) in [4.78, 5) is 11.2. The van der Waals surface area contributed by atoms with Crippen molar-refractivity contribution in [2.45, 2.75) is 19.5 Å². The third-order valence-corrected chi connectivity index (χ3v) is 2.69. The number of carbonyl (C=O) groups is 1. The quantitative estimate of drug-likeness (QED) is 0.751. The molecule has 0 bridgehead atoms. The Morgan fingerprint density at radius 2 is 2.15 bits per heavy atom. The fourth-order valence-electron chi connectivity index (χ4n) is 1.58. The first kappa shape index (κ1) is 16.5. The number of alkyl halides is 3. The number of amides is 1. The van der Waals surface area contributed by atoms with E-state index in [-0.39, 0.29) is 29.7 Å². The van der Waals surface area contributed by atoms with Crippen LogP contribution in [0.3, 0.4) is 0 Å². The number of rotatable bonds is 8. The monoisotopic (exact) mass is 307 g/mol. The Hall–Kier alpha value is -1.56. The number of halogens is 3. The molecule has 0 heterocycles. The minimum Gasteiger partial charge on any atom is -0.493 e. The normalized spacial score (nSPS) is 10.4. The molecule has 0 fully saturated rings. The van der Waals surface area contributed by atoms with Crippen molar-refractivity contribution >= 4 is 17.5 Å². The molecule has 0 aromatic heterocycles. The molecule has 0 saturated heterocycles. The summed E-state index contributed by atoms with van der Waals surface area (Å²) < 4.78 is 33.6. The van der Waals surface area contributed by atoms with Gasteiger partial charge in [-0.05, 0) is 24.1 Å². The first-order chi connectivity index (χ1) is 9.56. The highest BCUT2D eigenvalue weighted by atomic mass is 35.5. The molecule has 1 aromatic rings. The Balaban J connectivity index is 2.57. The van der Waals surface area contributed by atoms with Crippen LogP contribution in [-0.4, -0.2) is 32.1 Å². The number of hydrogen-bond donors (Lipinski definition) is 1. The zero-order chi connectivity index (χ0) is 15.0. The molecule has 4 nitrogen and oxygen atoms in total. The lowest BCUT2D eigenvalue weighted by atomic mass is 10.1. The molecule has 1 rings (SSSR count). The maximum Gasteiger partial charge on any atom is 0.387 e. The summed E-state index contributed by atoms with van der Waals surface area (Å²) in [5, 5.41) is 2.70. The first-order valence-electron chi connectivity index (χ1n) is 6.01. The van der Waals surface area contributed by atoms with Crippen LogP contribution < -0.4 is 14.8 Å². The molecule has 0 atom stereocenters. The molecular formula is C13H16ClF2NO3. The second-order valence-corrected chi connectivity index (χ2v) is 4.28. The number of ether oxygens (including phenoxy) is 2. The Morgan fingerprint density at radius 3 is 2.75 bits per heavy atom. The van der Waals surface area contributed by atoms with Gasteiger partial charge < -0.3 is 14.8 Å². The molecule has 1 aromatic carbocycles. The second-order valence-electron chi connectivity index (χ2n) is 3.90. The highest BCUT2D eigenvalue weighted by molar-refractivity contribution is 6.18. The van der Waals surface area contributed by atoms with Crippen molar-refractivity contribution < 1.29 is 23.0 Å². The number of nitrogens with one attached hydrogen (secondary N) is 1. The molecule has 1 N–H and O–H groups in total. The molecule has 0 spiro atoms. The second kappa shape index (κ2) is 8.58. The van der Waals surface area contributed by atoms with Crippen molar-refractivity contribution in [3.8, 4) is 11.5 Å². The van der Waals surface area contributed by atoms with Crippen LogP contribution in [0.1, 0.15) is 12.0 Å². The van der Waals surface area contributed by atoms with Gasteiger partial charge in [-0.1, -0.05) is 6.07 Å². The van der Waals surface area contributed by atoms with E-state index in [0.717, 1.165) is 5.56 Å². The molecule has 20 heavy (non-hydrogen) atoms. The first-order valence-corrected chi connectivity index (χ1v) is 6.54. The maximum atomic E-state index is 12.2. The predicted octanol–water partition coefficient (Wildman–Crippen LogP) is 2.58. The fourth-order valence-corrected chi connectivity index (χ4v) is 1.75. The lowest BCUT2D eigenvalue weighted by molar-refractivity contribution is -0.120. The van der Waals surface area contributed by atoms with Crippen LogP contribution in [0.25, 0.3) is 0 Å². The van der Waals surface area contributed by atoms with E-state index in [1.54, 1.807) is 12.1 Å². The van der Waals surface area contributed by atoms with E-state index < -0.39 is 6.61 Å². The lowest BCUT2D eigenvalue weighted by Gasteiger charge is -2.11. The van der Waals surface area contributed by atoms with Gasteiger partial charge in [-0.2, -0.15) is 8.78 Å². The molecule has 0 aliphatic heterocycles. The third-order valence-electron chi connectivity index (χ3n) is 2.50. The van der Waals surface area contributed by atoms with Crippen molar-refractivity contribution in [2.24, 2.45) is 0 Å². The fraction of sp³-hybridized carbons (Fsp3) is 0.462. The zero-order valence-electron chi connectivity index (χ0n) is 11.0. The summed E-state index contributed by atoms with van der Waals surface area (Å²) in [6, 6.07) is 4.67. The van der Waals surface area contributed by atoms with Crippen molar-refractivity contribution in [2.75, 3.05) is 19.5 Å². The molecular weight excluding hydrogens is 292 g/mol. The summed E-state index contributed by atoms with van der Waals surface area (Å²) in [5.41, 5.74) is 0.842. The van der Waals surface area contributed by atoms with Crippen molar-refractivity contribution in [1.82, 2.24) is 5.32 Å². The van der Waals surface area contributed by atoms with Gasteiger partial charge in [-0.15, -0.1) is 11.6 Å². The molecule has 112 valence electrons. The van der Waals surface area contributed by atoms with E-state index in [0.29, 0.717) is 13.0 Å². The molecule has 7 heteroatoms. The average Bonchev–Trinajstić information content (AvgIpc) is 2.40. The van der Waals surface area contributed by atoms with Crippen LogP contribution in [0.15, 0.2) is 18.2 Å². The van der Waals surface area contributed by atoms with E-state index >= 15 is 0 Å². The summed E-state index contributed by atoms with van der Waals surface area (Å²) in [7, 11) is 1.37.